The van der Waals surface area contributed by atoms with Crippen LogP contribution in [-0.2, 0) is 0 Å². The van der Waals surface area contributed by atoms with Gasteiger partial charge in [-0.2, -0.15) is 0 Å². The Kier molecular flexibility index (Phi) is 9.22. The molecular formula is C74H46BN3. The minimum atomic E-state index is -0.139. The van der Waals surface area contributed by atoms with Crippen molar-refractivity contribution in [1.82, 2.24) is 0 Å². The Bertz CT molecular complexity index is 4500. The summed E-state index contributed by atoms with van der Waals surface area (Å²) in [4.78, 5) is 7.68. The van der Waals surface area contributed by atoms with E-state index in [1.807, 2.05) is 0 Å². The van der Waals surface area contributed by atoms with Crippen LogP contribution < -0.4 is 31.1 Å². The van der Waals surface area contributed by atoms with Crippen LogP contribution in [0.5, 0.6) is 0 Å². The van der Waals surface area contributed by atoms with Crippen molar-refractivity contribution in [2.24, 2.45) is 0 Å². The van der Waals surface area contributed by atoms with Crippen LogP contribution in [0.25, 0.3) is 86.9 Å². The SMILES string of the molecule is c1ccc(-c2ccc(N3c4cc(N(c5ccccc5)c5ccccc5)cc5c4B(c4cc6ccc7cccc8ccc(c43)c6c78)c3cc4ccc6cccc7ccc(c3N5c3ccc(-c5ccccc5)cc3)c4c67)cc2)cc1. The Hall–Kier alpha value is -10.2. The molecule has 0 bridgehead atoms. The summed E-state index contributed by atoms with van der Waals surface area (Å²) in [7, 11) is 0. The van der Waals surface area contributed by atoms with Crippen LogP contribution in [0.1, 0.15) is 0 Å². The third kappa shape index (κ3) is 6.29. The second-order valence-electron chi connectivity index (χ2n) is 21.2. The Morgan fingerprint density at radius 2 is 0.628 bits per heavy atom. The topological polar surface area (TPSA) is 9.72 Å². The summed E-state index contributed by atoms with van der Waals surface area (Å²) in [6.45, 7) is -0.139. The van der Waals surface area contributed by atoms with Crippen LogP contribution in [-0.4, -0.2) is 6.71 Å². The van der Waals surface area contributed by atoms with Gasteiger partial charge in [0.25, 0.3) is 6.71 Å². The number of hydrogen-bond donors (Lipinski definition) is 0. The molecule has 2 aliphatic heterocycles. The molecule has 0 amide bonds. The number of anilines is 9. The van der Waals surface area contributed by atoms with Crippen molar-refractivity contribution < 1.29 is 0 Å². The molecule has 15 aromatic rings. The first-order valence-electron chi connectivity index (χ1n) is 27.1. The van der Waals surface area contributed by atoms with Gasteiger partial charge in [0, 0.05) is 56.3 Å². The van der Waals surface area contributed by atoms with Gasteiger partial charge in [-0.05, 0) is 153 Å². The van der Waals surface area contributed by atoms with Crippen molar-refractivity contribution in [3.8, 4) is 22.3 Å². The Labute approximate surface area is 452 Å². The Balaban J connectivity index is 1.04. The number of rotatable bonds is 7. The van der Waals surface area contributed by atoms with Gasteiger partial charge in [-0.15, -0.1) is 0 Å². The van der Waals surface area contributed by atoms with Gasteiger partial charge >= 0.3 is 0 Å². The minimum absolute atomic E-state index is 0.139. The van der Waals surface area contributed by atoms with E-state index in [1.54, 1.807) is 0 Å². The second-order valence-corrected chi connectivity index (χ2v) is 21.2. The van der Waals surface area contributed by atoms with Crippen LogP contribution in [0.15, 0.2) is 279 Å². The number of hydrogen-bond acceptors (Lipinski definition) is 3. The fourth-order valence-corrected chi connectivity index (χ4v) is 13.7. The third-order valence-corrected chi connectivity index (χ3v) is 17.0. The molecule has 0 saturated carbocycles. The van der Waals surface area contributed by atoms with Gasteiger partial charge in [0.05, 0.1) is 5.69 Å². The molecule has 15 aromatic carbocycles. The normalized spacial score (nSPS) is 12.8. The molecule has 4 heteroatoms. The van der Waals surface area contributed by atoms with Crippen molar-refractivity contribution in [3.05, 3.63) is 279 Å². The highest BCUT2D eigenvalue weighted by atomic mass is 15.2. The summed E-state index contributed by atoms with van der Waals surface area (Å²) in [5, 5.41) is 15.3. The maximum Gasteiger partial charge on any atom is 0.252 e. The zero-order valence-corrected chi connectivity index (χ0v) is 42.5. The molecule has 17 rings (SSSR count). The molecule has 0 aliphatic carbocycles. The lowest BCUT2D eigenvalue weighted by atomic mass is 9.33. The van der Waals surface area contributed by atoms with E-state index in [0.717, 1.165) is 39.8 Å². The first-order chi connectivity index (χ1) is 38.7. The maximum absolute atomic E-state index is 2.62. The van der Waals surface area contributed by atoms with E-state index in [2.05, 4.69) is 294 Å². The highest BCUT2D eigenvalue weighted by molar-refractivity contribution is 7.01. The molecule has 2 aliphatic rings. The second kappa shape index (κ2) is 16.7. The van der Waals surface area contributed by atoms with E-state index in [0.29, 0.717) is 0 Å². The van der Waals surface area contributed by atoms with E-state index >= 15 is 0 Å². The van der Waals surface area contributed by atoms with Crippen molar-refractivity contribution in [1.29, 1.82) is 0 Å². The lowest BCUT2D eigenvalue weighted by molar-refractivity contribution is 1.23. The van der Waals surface area contributed by atoms with Gasteiger partial charge in [0.15, 0.2) is 0 Å². The molecule has 0 aromatic heterocycles. The maximum atomic E-state index is 2.62. The van der Waals surface area contributed by atoms with Crippen molar-refractivity contribution in [2.45, 2.75) is 0 Å². The predicted octanol–water partition coefficient (Wildman–Crippen LogP) is 18.4. The summed E-state index contributed by atoms with van der Waals surface area (Å²) in [5.74, 6) is 0. The monoisotopic (exact) mass is 987 g/mol. The molecular weight excluding hydrogens is 942 g/mol. The molecule has 0 radical (unpaired) electrons. The average molecular weight is 988 g/mol. The van der Waals surface area contributed by atoms with Gasteiger partial charge in [0.2, 0.25) is 0 Å². The van der Waals surface area contributed by atoms with Crippen molar-refractivity contribution in [2.75, 3.05) is 14.7 Å². The fraction of sp³-hybridized carbons (Fsp3) is 0. The molecule has 0 spiro atoms. The lowest BCUT2D eigenvalue weighted by Crippen LogP contribution is -2.61. The van der Waals surface area contributed by atoms with Crippen molar-refractivity contribution >= 4 is 139 Å². The van der Waals surface area contributed by atoms with E-state index in [4.69, 9.17) is 0 Å². The molecule has 0 saturated heterocycles. The number of nitrogens with zero attached hydrogens (tertiary/aromatic N) is 3. The van der Waals surface area contributed by atoms with Crippen molar-refractivity contribution in [3.63, 3.8) is 0 Å². The highest BCUT2D eigenvalue weighted by Gasteiger charge is 2.46. The lowest BCUT2D eigenvalue weighted by Gasteiger charge is -2.46. The highest BCUT2D eigenvalue weighted by Crippen LogP contribution is 2.53. The smallest absolute Gasteiger partial charge is 0.252 e. The Morgan fingerprint density at radius 1 is 0.269 bits per heavy atom. The van der Waals surface area contributed by atoms with E-state index in [-0.39, 0.29) is 6.71 Å². The molecule has 360 valence electrons. The summed E-state index contributed by atoms with van der Waals surface area (Å²) in [5.41, 5.74) is 18.8. The molecule has 0 N–H and O–H groups in total. The summed E-state index contributed by atoms with van der Waals surface area (Å²) < 4.78 is 0. The molecule has 0 unspecified atom stereocenters. The summed E-state index contributed by atoms with van der Waals surface area (Å²) in [6.07, 6.45) is 0. The number of para-hydroxylation sites is 2. The van der Waals surface area contributed by atoms with Crippen LogP contribution >= 0.6 is 0 Å². The minimum Gasteiger partial charge on any atom is -0.311 e. The van der Waals surface area contributed by atoms with Crippen LogP contribution in [0, 0.1) is 0 Å². The van der Waals surface area contributed by atoms with E-state index < -0.39 is 0 Å². The largest absolute Gasteiger partial charge is 0.311 e. The summed E-state index contributed by atoms with van der Waals surface area (Å²) in [6, 6.07) is 104. The quantitative estimate of drug-likeness (QED) is 0.116. The van der Waals surface area contributed by atoms with Gasteiger partial charge in [-0.1, -0.05) is 218 Å². The molecule has 0 atom stereocenters. The van der Waals surface area contributed by atoms with Crippen LogP contribution in [0.2, 0.25) is 0 Å². The number of benzene rings is 15. The standard InChI is InChI=1S/C74H46BN3/c1-5-15-47(16-6-1)49-31-37-59(38-32-49)77-66-45-61(76(57-23-9-3-10-24-57)58-25-11-4-12-26-58)46-67-72(66)75(64-43-55-29-27-51-19-13-21-53-35-41-62(73(64)77)70(55)68(51)53)65-44-56-30-28-52-20-14-22-54-36-42-63(71(56)69(52)54)74(65)78(67)60-39-33-50(34-40-60)48-17-7-2-8-18-48/h1-46H. The van der Waals surface area contributed by atoms with E-state index in [1.165, 1.54) is 115 Å². The van der Waals surface area contributed by atoms with Crippen LogP contribution in [0.3, 0.4) is 0 Å². The molecule has 78 heavy (non-hydrogen) atoms. The van der Waals surface area contributed by atoms with Crippen LogP contribution in [0.4, 0.5) is 51.2 Å². The Morgan fingerprint density at radius 3 is 1.04 bits per heavy atom. The summed E-state index contributed by atoms with van der Waals surface area (Å²) >= 11 is 0. The van der Waals surface area contributed by atoms with Gasteiger partial charge in [-0.3, -0.25) is 0 Å². The van der Waals surface area contributed by atoms with Gasteiger partial charge in [-0.25, -0.2) is 0 Å². The molecule has 0 fully saturated rings. The zero-order chi connectivity index (χ0) is 51.0. The number of fused-ring (bicyclic) bond motifs is 6. The van der Waals surface area contributed by atoms with Gasteiger partial charge < -0.3 is 14.7 Å². The fourth-order valence-electron chi connectivity index (χ4n) is 13.7. The molecule has 2 heterocycles. The van der Waals surface area contributed by atoms with Gasteiger partial charge in [0.1, 0.15) is 0 Å². The molecule has 3 nitrogen and oxygen atoms in total. The average Bonchev–Trinajstić information content (AvgIpc) is 3.48. The third-order valence-electron chi connectivity index (χ3n) is 17.0. The predicted molar refractivity (Wildman–Crippen MR) is 333 cm³/mol. The zero-order valence-electron chi connectivity index (χ0n) is 42.5. The first kappa shape index (κ1) is 43.1. The van der Waals surface area contributed by atoms with E-state index in [9.17, 15) is 0 Å². The first-order valence-corrected chi connectivity index (χ1v) is 27.1.